The van der Waals surface area contributed by atoms with Gasteiger partial charge in [0.25, 0.3) is 0 Å². The topological polar surface area (TPSA) is 110 Å². The van der Waals surface area contributed by atoms with Crippen molar-refractivity contribution in [3.05, 3.63) is 18.2 Å². The Balaban J connectivity index is 2.18. The third kappa shape index (κ3) is 3.17. The molecule has 1 aliphatic rings. The molecule has 1 fully saturated rings. The van der Waals surface area contributed by atoms with Crippen LogP contribution < -0.4 is 15.8 Å². The third-order valence-corrected chi connectivity index (χ3v) is 4.47. The van der Waals surface area contributed by atoms with Gasteiger partial charge in [0.1, 0.15) is 4.90 Å². The predicted molar refractivity (Wildman–Crippen MR) is 74.3 cm³/mol. The number of nitrogens with zero attached hydrogens (tertiary/aromatic N) is 1. The SMILES string of the molecule is Nc1cc(N2CCC(CCO)C2)ccc1S(N)(=O)=O. The Kier molecular flexibility index (Phi) is 3.98. The lowest BCUT2D eigenvalue weighted by molar-refractivity contribution is 0.263. The summed E-state index contributed by atoms with van der Waals surface area (Å²) < 4.78 is 22.6. The fourth-order valence-electron chi connectivity index (χ4n) is 2.48. The van der Waals surface area contributed by atoms with E-state index in [9.17, 15) is 8.42 Å². The van der Waals surface area contributed by atoms with Crippen molar-refractivity contribution < 1.29 is 13.5 Å². The van der Waals surface area contributed by atoms with Crippen molar-refractivity contribution in [2.75, 3.05) is 30.3 Å². The lowest BCUT2D eigenvalue weighted by Crippen LogP contribution is -2.21. The average Bonchev–Trinajstić information content (AvgIpc) is 2.76. The van der Waals surface area contributed by atoms with Crippen LogP contribution in [0.5, 0.6) is 0 Å². The van der Waals surface area contributed by atoms with E-state index in [2.05, 4.69) is 4.90 Å². The zero-order valence-corrected chi connectivity index (χ0v) is 11.4. The molecule has 1 atom stereocenters. The fourth-order valence-corrected chi connectivity index (χ4v) is 3.12. The van der Waals surface area contributed by atoms with Crippen LogP contribution in [0.25, 0.3) is 0 Å². The quantitative estimate of drug-likeness (QED) is 0.681. The largest absolute Gasteiger partial charge is 0.398 e. The Hall–Kier alpha value is -1.31. The van der Waals surface area contributed by atoms with Crippen molar-refractivity contribution in [2.24, 2.45) is 11.1 Å². The molecule has 0 aliphatic carbocycles. The van der Waals surface area contributed by atoms with E-state index in [4.69, 9.17) is 16.0 Å². The number of anilines is 2. The Morgan fingerprint density at radius 3 is 2.74 bits per heavy atom. The molecule has 1 aliphatic heterocycles. The van der Waals surface area contributed by atoms with Crippen molar-refractivity contribution in [3.8, 4) is 0 Å². The van der Waals surface area contributed by atoms with Gasteiger partial charge in [-0.2, -0.15) is 0 Å². The van der Waals surface area contributed by atoms with E-state index >= 15 is 0 Å². The van der Waals surface area contributed by atoms with Gasteiger partial charge in [-0.1, -0.05) is 0 Å². The number of benzene rings is 1. The van der Waals surface area contributed by atoms with Gasteiger partial charge >= 0.3 is 0 Å². The van der Waals surface area contributed by atoms with Crippen molar-refractivity contribution in [3.63, 3.8) is 0 Å². The molecule has 19 heavy (non-hydrogen) atoms. The van der Waals surface area contributed by atoms with Crippen molar-refractivity contribution in [1.82, 2.24) is 0 Å². The number of hydrogen-bond donors (Lipinski definition) is 3. The maximum absolute atomic E-state index is 11.3. The first-order valence-electron chi connectivity index (χ1n) is 6.20. The number of rotatable bonds is 4. The molecule has 7 heteroatoms. The van der Waals surface area contributed by atoms with E-state index in [1.165, 1.54) is 6.07 Å². The Labute approximate surface area is 113 Å². The highest BCUT2D eigenvalue weighted by atomic mass is 32.2. The van der Waals surface area contributed by atoms with Gasteiger partial charge in [-0.3, -0.25) is 0 Å². The summed E-state index contributed by atoms with van der Waals surface area (Å²) in [4.78, 5) is 2.10. The lowest BCUT2D eigenvalue weighted by atomic mass is 10.1. The number of nitrogen functional groups attached to an aromatic ring is 1. The minimum atomic E-state index is -3.77. The maximum atomic E-state index is 11.3. The summed E-state index contributed by atoms with van der Waals surface area (Å²) in [5.41, 5.74) is 6.81. The second kappa shape index (κ2) is 5.36. The van der Waals surface area contributed by atoms with E-state index < -0.39 is 10.0 Å². The highest BCUT2D eigenvalue weighted by molar-refractivity contribution is 7.89. The smallest absolute Gasteiger partial charge is 0.240 e. The van der Waals surface area contributed by atoms with Crippen LogP contribution in [0.15, 0.2) is 23.1 Å². The van der Waals surface area contributed by atoms with Crippen molar-refractivity contribution >= 4 is 21.4 Å². The van der Waals surface area contributed by atoms with Crippen LogP contribution in [0, 0.1) is 5.92 Å². The Morgan fingerprint density at radius 2 is 2.16 bits per heavy atom. The van der Waals surface area contributed by atoms with Gasteiger partial charge in [0, 0.05) is 25.4 Å². The van der Waals surface area contributed by atoms with Gasteiger partial charge in [-0.15, -0.1) is 0 Å². The number of sulfonamides is 1. The van der Waals surface area contributed by atoms with E-state index in [0.717, 1.165) is 31.6 Å². The van der Waals surface area contributed by atoms with Crippen LogP contribution in [-0.4, -0.2) is 33.2 Å². The zero-order chi connectivity index (χ0) is 14.0. The van der Waals surface area contributed by atoms with Crippen LogP contribution in [0.2, 0.25) is 0 Å². The molecule has 0 aromatic heterocycles. The highest BCUT2D eigenvalue weighted by Crippen LogP contribution is 2.29. The number of hydrogen-bond acceptors (Lipinski definition) is 5. The van der Waals surface area contributed by atoms with Gasteiger partial charge in [-0.25, -0.2) is 13.6 Å². The van der Waals surface area contributed by atoms with E-state index in [1.807, 2.05) is 0 Å². The average molecular weight is 285 g/mol. The minimum Gasteiger partial charge on any atom is -0.398 e. The summed E-state index contributed by atoms with van der Waals surface area (Å²) in [6.07, 6.45) is 1.82. The van der Waals surface area contributed by atoms with Crippen LogP contribution in [0.1, 0.15) is 12.8 Å². The molecule has 1 unspecified atom stereocenters. The summed E-state index contributed by atoms with van der Waals surface area (Å²) in [6.45, 7) is 1.94. The molecule has 0 spiro atoms. The first-order chi connectivity index (χ1) is 8.91. The second-order valence-electron chi connectivity index (χ2n) is 4.88. The van der Waals surface area contributed by atoms with Crippen molar-refractivity contribution in [2.45, 2.75) is 17.7 Å². The highest BCUT2D eigenvalue weighted by Gasteiger charge is 2.23. The molecule has 1 saturated heterocycles. The molecule has 0 bridgehead atoms. The summed E-state index contributed by atoms with van der Waals surface area (Å²) in [5.74, 6) is 0.476. The molecule has 106 valence electrons. The number of aliphatic hydroxyl groups is 1. The second-order valence-corrected chi connectivity index (χ2v) is 6.41. The molecular formula is C12H19N3O3S. The molecule has 1 heterocycles. The van der Waals surface area contributed by atoms with E-state index in [0.29, 0.717) is 5.92 Å². The number of nitrogens with two attached hydrogens (primary N) is 2. The third-order valence-electron chi connectivity index (χ3n) is 3.49. The lowest BCUT2D eigenvalue weighted by Gasteiger charge is -2.19. The standard InChI is InChI=1S/C12H19N3O3S/c13-11-7-10(1-2-12(11)19(14,17)18)15-5-3-9(8-15)4-6-16/h1-2,7,9,16H,3-6,8,13H2,(H2,14,17,18). The first-order valence-corrected chi connectivity index (χ1v) is 7.74. The maximum Gasteiger partial charge on any atom is 0.240 e. The van der Waals surface area contributed by atoms with Crippen LogP contribution in [0.3, 0.4) is 0 Å². The summed E-state index contributed by atoms with van der Waals surface area (Å²) in [5, 5.41) is 14.0. The number of primary sulfonamides is 1. The van der Waals surface area contributed by atoms with Crippen LogP contribution >= 0.6 is 0 Å². The summed E-state index contributed by atoms with van der Waals surface area (Å²) >= 11 is 0. The van der Waals surface area contributed by atoms with Crippen LogP contribution in [-0.2, 0) is 10.0 Å². The van der Waals surface area contributed by atoms with E-state index in [1.54, 1.807) is 12.1 Å². The predicted octanol–water partition coefficient (Wildman–Crippen LogP) is 0.125. The monoisotopic (exact) mass is 285 g/mol. The van der Waals surface area contributed by atoms with Crippen molar-refractivity contribution in [1.29, 1.82) is 0 Å². The molecular weight excluding hydrogens is 266 g/mol. The van der Waals surface area contributed by atoms with Gasteiger partial charge in [-0.05, 0) is 37.0 Å². The van der Waals surface area contributed by atoms with Gasteiger partial charge in [0.15, 0.2) is 0 Å². The van der Waals surface area contributed by atoms with Gasteiger partial charge < -0.3 is 15.7 Å². The molecule has 0 radical (unpaired) electrons. The molecule has 5 N–H and O–H groups in total. The molecule has 1 aromatic carbocycles. The molecule has 1 aromatic rings. The van der Waals surface area contributed by atoms with Gasteiger partial charge in [0.05, 0.1) is 5.69 Å². The zero-order valence-electron chi connectivity index (χ0n) is 10.6. The molecule has 2 rings (SSSR count). The normalized spacial score (nSPS) is 19.9. The van der Waals surface area contributed by atoms with Gasteiger partial charge in [0.2, 0.25) is 10.0 Å². The first kappa shape index (κ1) is 14.1. The summed E-state index contributed by atoms with van der Waals surface area (Å²) in [7, 11) is -3.77. The summed E-state index contributed by atoms with van der Waals surface area (Å²) in [6, 6.07) is 4.80. The van der Waals surface area contributed by atoms with Crippen LogP contribution in [0.4, 0.5) is 11.4 Å². The Bertz CT molecular complexity index is 559. The number of aliphatic hydroxyl groups excluding tert-OH is 1. The Morgan fingerprint density at radius 1 is 1.42 bits per heavy atom. The molecule has 0 saturated carbocycles. The molecule has 6 nitrogen and oxygen atoms in total. The van der Waals surface area contributed by atoms with E-state index in [-0.39, 0.29) is 17.2 Å². The molecule has 0 amide bonds. The minimum absolute atomic E-state index is 0.0395. The fraction of sp³-hybridized carbons (Fsp3) is 0.500.